The first-order valence-corrected chi connectivity index (χ1v) is 6.75. The SMILES string of the molecule is Cc1noc(C)c1CCCNc1c([N+](=O)[O-])c(C)nn1C. The third kappa shape index (κ3) is 3.04. The van der Waals surface area contributed by atoms with E-state index in [2.05, 4.69) is 15.6 Å². The van der Waals surface area contributed by atoms with Crippen LogP contribution in [0.2, 0.25) is 0 Å². The van der Waals surface area contributed by atoms with Gasteiger partial charge in [-0.2, -0.15) is 5.10 Å². The maximum Gasteiger partial charge on any atom is 0.333 e. The predicted molar refractivity (Wildman–Crippen MR) is 77.4 cm³/mol. The second-order valence-electron chi connectivity index (χ2n) is 5.00. The first-order chi connectivity index (χ1) is 9.91. The van der Waals surface area contributed by atoms with Gasteiger partial charge in [-0.25, -0.2) is 4.68 Å². The molecule has 2 rings (SSSR count). The highest BCUT2D eigenvalue weighted by atomic mass is 16.6. The Bertz CT molecular complexity index is 640. The molecule has 0 unspecified atom stereocenters. The van der Waals surface area contributed by atoms with Crippen molar-refractivity contribution in [3.8, 4) is 0 Å². The van der Waals surface area contributed by atoms with Crippen LogP contribution in [0.25, 0.3) is 0 Å². The number of aromatic nitrogens is 3. The molecule has 0 fully saturated rings. The molecule has 8 nitrogen and oxygen atoms in total. The van der Waals surface area contributed by atoms with Gasteiger partial charge in [-0.1, -0.05) is 5.16 Å². The lowest BCUT2D eigenvalue weighted by atomic mass is 10.1. The summed E-state index contributed by atoms with van der Waals surface area (Å²) in [7, 11) is 1.69. The second-order valence-corrected chi connectivity index (χ2v) is 5.00. The molecule has 0 bridgehead atoms. The molecule has 2 aromatic rings. The van der Waals surface area contributed by atoms with Gasteiger partial charge in [0.05, 0.1) is 10.6 Å². The molecule has 0 saturated heterocycles. The maximum absolute atomic E-state index is 11.1. The molecular weight excluding hydrogens is 274 g/mol. The predicted octanol–water partition coefficient (Wildman–Crippen LogP) is 2.29. The zero-order valence-electron chi connectivity index (χ0n) is 12.6. The summed E-state index contributed by atoms with van der Waals surface area (Å²) in [6.45, 7) is 6.05. The minimum absolute atomic E-state index is 0.0369. The van der Waals surface area contributed by atoms with Crippen LogP contribution in [0, 0.1) is 30.9 Å². The average Bonchev–Trinajstić information content (AvgIpc) is 2.86. The molecule has 8 heteroatoms. The van der Waals surface area contributed by atoms with E-state index in [0.717, 1.165) is 29.9 Å². The summed E-state index contributed by atoms with van der Waals surface area (Å²) in [6.07, 6.45) is 1.64. The number of hydrogen-bond donors (Lipinski definition) is 1. The van der Waals surface area contributed by atoms with Crippen molar-refractivity contribution in [1.82, 2.24) is 14.9 Å². The lowest BCUT2D eigenvalue weighted by Gasteiger charge is -2.06. The molecule has 1 N–H and O–H groups in total. The number of anilines is 1. The highest BCUT2D eigenvalue weighted by Gasteiger charge is 2.23. The highest BCUT2D eigenvalue weighted by molar-refractivity contribution is 5.59. The van der Waals surface area contributed by atoms with Crippen molar-refractivity contribution in [2.45, 2.75) is 33.6 Å². The maximum atomic E-state index is 11.1. The van der Waals surface area contributed by atoms with Gasteiger partial charge in [0, 0.05) is 19.2 Å². The fourth-order valence-corrected chi connectivity index (χ4v) is 2.39. The van der Waals surface area contributed by atoms with Crippen molar-refractivity contribution in [3.05, 3.63) is 32.8 Å². The normalized spacial score (nSPS) is 10.9. The van der Waals surface area contributed by atoms with Gasteiger partial charge in [0.25, 0.3) is 0 Å². The van der Waals surface area contributed by atoms with E-state index >= 15 is 0 Å². The summed E-state index contributed by atoms with van der Waals surface area (Å²) < 4.78 is 6.61. The van der Waals surface area contributed by atoms with E-state index in [4.69, 9.17) is 4.52 Å². The Balaban J connectivity index is 1.97. The number of hydrogen-bond acceptors (Lipinski definition) is 6. The zero-order chi connectivity index (χ0) is 15.6. The summed E-state index contributed by atoms with van der Waals surface area (Å²) in [4.78, 5) is 10.7. The van der Waals surface area contributed by atoms with Crippen LogP contribution in [0.1, 0.15) is 29.1 Å². The Morgan fingerprint density at radius 1 is 1.33 bits per heavy atom. The van der Waals surface area contributed by atoms with Crippen LogP contribution in [0.15, 0.2) is 4.52 Å². The van der Waals surface area contributed by atoms with Gasteiger partial charge < -0.3 is 9.84 Å². The highest BCUT2D eigenvalue weighted by Crippen LogP contribution is 2.27. The quantitative estimate of drug-likeness (QED) is 0.498. The van der Waals surface area contributed by atoms with Crippen molar-refractivity contribution in [2.24, 2.45) is 7.05 Å². The van der Waals surface area contributed by atoms with Gasteiger partial charge in [-0.15, -0.1) is 0 Å². The molecule has 0 spiro atoms. The fraction of sp³-hybridized carbons (Fsp3) is 0.538. The molecule has 0 aromatic carbocycles. The van der Waals surface area contributed by atoms with Crippen LogP contribution < -0.4 is 5.32 Å². The smallest absolute Gasteiger partial charge is 0.333 e. The monoisotopic (exact) mass is 293 g/mol. The lowest BCUT2D eigenvalue weighted by Crippen LogP contribution is -2.09. The van der Waals surface area contributed by atoms with Gasteiger partial charge in [0.15, 0.2) is 0 Å². The molecule has 0 atom stereocenters. The van der Waals surface area contributed by atoms with E-state index in [9.17, 15) is 10.1 Å². The first kappa shape index (κ1) is 15.0. The Kier molecular flexibility index (Phi) is 4.25. The van der Waals surface area contributed by atoms with Crippen LogP contribution in [0.4, 0.5) is 11.5 Å². The van der Waals surface area contributed by atoms with Crippen molar-refractivity contribution in [1.29, 1.82) is 0 Å². The summed E-state index contributed by atoms with van der Waals surface area (Å²) >= 11 is 0. The molecule has 114 valence electrons. The number of rotatable bonds is 6. The van der Waals surface area contributed by atoms with Crippen molar-refractivity contribution in [2.75, 3.05) is 11.9 Å². The second kappa shape index (κ2) is 5.94. The minimum atomic E-state index is -0.404. The molecule has 0 saturated carbocycles. The Morgan fingerprint density at radius 2 is 2.05 bits per heavy atom. The molecule has 0 aliphatic carbocycles. The third-order valence-corrected chi connectivity index (χ3v) is 3.45. The number of aryl methyl sites for hydroxylation is 4. The molecule has 0 aliphatic heterocycles. The van der Waals surface area contributed by atoms with Crippen LogP contribution in [0.3, 0.4) is 0 Å². The van der Waals surface area contributed by atoms with Crippen LogP contribution in [0.5, 0.6) is 0 Å². The van der Waals surface area contributed by atoms with Crippen LogP contribution >= 0.6 is 0 Å². The van der Waals surface area contributed by atoms with E-state index in [1.807, 2.05) is 13.8 Å². The summed E-state index contributed by atoms with van der Waals surface area (Å²) in [6, 6.07) is 0. The molecule has 2 aromatic heterocycles. The van der Waals surface area contributed by atoms with Crippen LogP contribution in [-0.2, 0) is 13.5 Å². The fourth-order valence-electron chi connectivity index (χ4n) is 2.39. The number of nitrogens with one attached hydrogen (secondary N) is 1. The van der Waals surface area contributed by atoms with E-state index in [1.54, 1.807) is 14.0 Å². The van der Waals surface area contributed by atoms with Gasteiger partial charge >= 0.3 is 5.69 Å². The van der Waals surface area contributed by atoms with Gasteiger partial charge in [0.1, 0.15) is 11.5 Å². The third-order valence-electron chi connectivity index (χ3n) is 3.45. The van der Waals surface area contributed by atoms with Gasteiger partial charge in [-0.05, 0) is 33.6 Å². The molecule has 0 radical (unpaired) electrons. The van der Waals surface area contributed by atoms with Crippen LogP contribution in [-0.4, -0.2) is 26.4 Å². The Hall–Kier alpha value is -2.38. The zero-order valence-corrected chi connectivity index (χ0v) is 12.6. The minimum Gasteiger partial charge on any atom is -0.365 e. The molecule has 0 amide bonds. The molecular formula is C13H19N5O3. The number of nitrogens with zero attached hydrogens (tertiary/aromatic N) is 4. The standard InChI is InChI=1S/C13H19N5O3/c1-8-11(10(3)21-16-8)6-5-7-14-13-12(18(19)20)9(2)15-17(13)4/h14H,5-7H2,1-4H3. The van der Waals surface area contributed by atoms with E-state index in [0.29, 0.717) is 18.1 Å². The van der Waals surface area contributed by atoms with Crippen molar-refractivity contribution >= 4 is 11.5 Å². The van der Waals surface area contributed by atoms with E-state index in [1.165, 1.54) is 4.68 Å². The van der Waals surface area contributed by atoms with E-state index in [-0.39, 0.29) is 5.69 Å². The largest absolute Gasteiger partial charge is 0.365 e. The lowest BCUT2D eigenvalue weighted by molar-refractivity contribution is -0.384. The van der Waals surface area contributed by atoms with E-state index < -0.39 is 4.92 Å². The molecule has 21 heavy (non-hydrogen) atoms. The summed E-state index contributed by atoms with van der Waals surface area (Å²) in [5, 5.41) is 22.1. The molecule has 0 aliphatic rings. The Labute approximate surface area is 122 Å². The van der Waals surface area contributed by atoms with Gasteiger partial charge in [-0.3, -0.25) is 10.1 Å². The average molecular weight is 293 g/mol. The Morgan fingerprint density at radius 3 is 2.62 bits per heavy atom. The summed E-state index contributed by atoms with van der Waals surface area (Å²) in [5.74, 6) is 1.27. The summed E-state index contributed by atoms with van der Waals surface area (Å²) in [5.41, 5.74) is 2.45. The number of nitro groups is 1. The molecule has 2 heterocycles. The van der Waals surface area contributed by atoms with Crippen molar-refractivity contribution in [3.63, 3.8) is 0 Å². The van der Waals surface area contributed by atoms with Gasteiger partial charge in [0.2, 0.25) is 5.82 Å². The van der Waals surface area contributed by atoms with Crippen molar-refractivity contribution < 1.29 is 9.45 Å². The first-order valence-electron chi connectivity index (χ1n) is 6.75. The topological polar surface area (TPSA) is 99.0 Å².